The highest BCUT2D eigenvalue weighted by molar-refractivity contribution is 5.96. The maximum atomic E-state index is 13.0. The van der Waals surface area contributed by atoms with E-state index in [4.69, 9.17) is 9.47 Å². The molecule has 0 atom stereocenters. The van der Waals surface area contributed by atoms with E-state index in [0.29, 0.717) is 48.7 Å². The highest BCUT2D eigenvalue weighted by atomic mass is 16.5. The molecule has 1 fully saturated rings. The molecule has 33 heavy (non-hydrogen) atoms. The van der Waals surface area contributed by atoms with E-state index in [2.05, 4.69) is 5.32 Å². The van der Waals surface area contributed by atoms with Crippen molar-refractivity contribution in [3.63, 3.8) is 0 Å². The maximum Gasteiger partial charge on any atom is 0.253 e. The summed E-state index contributed by atoms with van der Waals surface area (Å²) in [6, 6.07) is 23.1. The highest BCUT2D eigenvalue weighted by Gasteiger charge is 2.28. The molecule has 0 spiro atoms. The SMILES string of the molecule is COc1ccc(OC)c(NC(=O)C2CCN(C(=O)c3ccc(-c4ccccc4)cc3)CC2)c1. The summed E-state index contributed by atoms with van der Waals surface area (Å²) >= 11 is 0. The lowest BCUT2D eigenvalue weighted by atomic mass is 9.95. The standard InChI is InChI=1S/C27H28N2O4/c1-32-23-12-13-25(33-2)24(18-23)28-26(30)21-14-16-29(17-15-21)27(31)22-10-8-20(9-11-22)19-6-4-3-5-7-19/h3-13,18,21H,14-17H2,1-2H3,(H,28,30). The van der Waals surface area contributed by atoms with Gasteiger partial charge in [0.05, 0.1) is 19.9 Å². The number of benzene rings is 3. The number of rotatable bonds is 6. The molecule has 6 nitrogen and oxygen atoms in total. The van der Waals surface area contributed by atoms with Crippen LogP contribution in [0.25, 0.3) is 11.1 Å². The average molecular weight is 445 g/mol. The van der Waals surface area contributed by atoms with Gasteiger partial charge in [-0.25, -0.2) is 0 Å². The first-order valence-corrected chi connectivity index (χ1v) is 11.1. The quantitative estimate of drug-likeness (QED) is 0.590. The Hall–Kier alpha value is -3.80. The van der Waals surface area contributed by atoms with E-state index in [1.807, 2.05) is 59.5 Å². The van der Waals surface area contributed by atoms with Crippen LogP contribution < -0.4 is 14.8 Å². The lowest BCUT2D eigenvalue weighted by molar-refractivity contribution is -0.121. The molecule has 3 aromatic rings. The van der Waals surface area contributed by atoms with Gasteiger partial charge in [0, 0.05) is 30.6 Å². The van der Waals surface area contributed by atoms with Gasteiger partial charge in [-0.1, -0.05) is 42.5 Å². The zero-order valence-corrected chi connectivity index (χ0v) is 18.9. The molecule has 0 bridgehead atoms. The Kier molecular flexibility index (Phi) is 6.93. The first-order valence-electron chi connectivity index (χ1n) is 11.1. The molecule has 0 aliphatic carbocycles. The summed E-state index contributed by atoms with van der Waals surface area (Å²) in [5.74, 6) is 0.995. The Balaban J connectivity index is 1.35. The van der Waals surface area contributed by atoms with Crippen LogP contribution in [0.15, 0.2) is 72.8 Å². The summed E-state index contributed by atoms with van der Waals surface area (Å²) in [5, 5.41) is 2.96. The molecule has 0 aromatic heterocycles. The van der Waals surface area contributed by atoms with Crippen LogP contribution in [-0.2, 0) is 4.79 Å². The fraction of sp³-hybridized carbons (Fsp3) is 0.259. The van der Waals surface area contributed by atoms with Crippen LogP contribution in [0.5, 0.6) is 11.5 Å². The van der Waals surface area contributed by atoms with Gasteiger partial charge < -0.3 is 19.7 Å². The Bertz CT molecular complexity index is 1100. The van der Waals surface area contributed by atoms with Crippen molar-refractivity contribution in [1.82, 2.24) is 4.90 Å². The van der Waals surface area contributed by atoms with E-state index in [9.17, 15) is 9.59 Å². The molecule has 1 N–H and O–H groups in total. The van der Waals surface area contributed by atoms with Crippen molar-refractivity contribution < 1.29 is 19.1 Å². The maximum absolute atomic E-state index is 13.0. The smallest absolute Gasteiger partial charge is 0.253 e. The zero-order chi connectivity index (χ0) is 23.2. The molecular formula is C27H28N2O4. The molecule has 2 amide bonds. The summed E-state index contributed by atoms with van der Waals surface area (Å²) in [5.41, 5.74) is 3.45. The van der Waals surface area contributed by atoms with Gasteiger partial charge in [-0.05, 0) is 48.2 Å². The third kappa shape index (κ3) is 5.17. The lowest BCUT2D eigenvalue weighted by Gasteiger charge is -2.31. The second kappa shape index (κ2) is 10.2. The molecule has 0 unspecified atom stereocenters. The molecule has 6 heteroatoms. The minimum absolute atomic E-state index is 0.00272. The minimum Gasteiger partial charge on any atom is -0.497 e. The van der Waals surface area contributed by atoms with Crippen molar-refractivity contribution in [2.75, 3.05) is 32.6 Å². The van der Waals surface area contributed by atoms with Crippen LogP contribution in [0.1, 0.15) is 23.2 Å². The van der Waals surface area contributed by atoms with Crippen molar-refractivity contribution in [3.05, 3.63) is 78.4 Å². The van der Waals surface area contributed by atoms with Gasteiger partial charge >= 0.3 is 0 Å². The van der Waals surface area contributed by atoms with Crippen LogP contribution in [0.4, 0.5) is 5.69 Å². The fourth-order valence-electron chi connectivity index (χ4n) is 4.11. The first-order chi connectivity index (χ1) is 16.1. The summed E-state index contributed by atoms with van der Waals surface area (Å²) in [7, 11) is 3.14. The van der Waals surface area contributed by atoms with E-state index in [1.54, 1.807) is 32.4 Å². The number of carbonyl (C=O) groups excluding carboxylic acids is 2. The number of nitrogens with zero attached hydrogens (tertiary/aromatic N) is 1. The minimum atomic E-state index is -0.162. The van der Waals surface area contributed by atoms with Gasteiger partial charge in [-0.15, -0.1) is 0 Å². The summed E-state index contributed by atoms with van der Waals surface area (Å²) in [4.78, 5) is 27.6. The lowest BCUT2D eigenvalue weighted by Crippen LogP contribution is -2.41. The molecular weight excluding hydrogens is 416 g/mol. The Morgan fingerprint density at radius 1 is 0.848 bits per heavy atom. The van der Waals surface area contributed by atoms with Crippen LogP contribution in [0.2, 0.25) is 0 Å². The molecule has 1 saturated heterocycles. The fourth-order valence-corrected chi connectivity index (χ4v) is 4.11. The topological polar surface area (TPSA) is 67.9 Å². The second-order valence-corrected chi connectivity index (χ2v) is 8.07. The van der Waals surface area contributed by atoms with Gasteiger partial charge in [0.15, 0.2) is 0 Å². The predicted molar refractivity (Wildman–Crippen MR) is 129 cm³/mol. The van der Waals surface area contributed by atoms with Gasteiger partial charge in [-0.3, -0.25) is 9.59 Å². The number of ether oxygens (including phenoxy) is 2. The van der Waals surface area contributed by atoms with Gasteiger partial charge in [0.1, 0.15) is 11.5 Å². The number of anilines is 1. The van der Waals surface area contributed by atoms with E-state index in [0.717, 1.165) is 11.1 Å². The van der Waals surface area contributed by atoms with Crippen molar-refractivity contribution in [2.45, 2.75) is 12.8 Å². The van der Waals surface area contributed by atoms with Crippen molar-refractivity contribution >= 4 is 17.5 Å². The monoisotopic (exact) mass is 444 g/mol. The number of carbonyl (C=O) groups is 2. The Labute approximate surface area is 194 Å². The van der Waals surface area contributed by atoms with Gasteiger partial charge in [0.25, 0.3) is 5.91 Å². The van der Waals surface area contributed by atoms with Crippen molar-refractivity contribution in [3.8, 4) is 22.6 Å². The van der Waals surface area contributed by atoms with Crippen molar-refractivity contribution in [2.24, 2.45) is 5.92 Å². The molecule has 170 valence electrons. The second-order valence-electron chi connectivity index (χ2n) is 8.07. The predicted octanol–water partition coefficient (Wildman–Crippen LogP) is 4.86. The number of hydrogen-bond acceptors (Lipinski definition) is 4. The van der Waals surface area contributed by atoms with E-state index >= 15 is 0 Å². The Morgan fingerprint density at radius 2 is 1.52 bits per heavy atom. The van der Waals surface area contributed by atoms with Crippen LogP contribution in [0.3, 0.4) is 0 Å². The van der Waals surface area contributed by atoms with E-state index in [-0.39, 0.29) is 17.7 Å². The molecule has 1 aliphatic rings. The molecule has 4 rings (SSSR count). The number of likely N-dealkylation sites (tertiary alicyclic amines) is 1. The molecule has 1 aliphatic heterocycles. The third-order valence-corrected chi connectivity index (χ3v) is 6.06. The summed E-state index contributed by atoms with van der Waals surface area (Å²) < 4.78 is 10.6. The van der Waals surface area contributed by atoms with E-state index < -0.39 is 0 Å². The highest BCUT2D eigenvalue weighted by Crippen LogP contribution is 2.30. The van der Waals surface area contributed by atoms with Crippen LogP contribution in [-0.4, -0.2) is 44.0 Å². The normalized spacial score (nSPS) is 13.9. The number of methoxy groups -OCH3 is 2. The van der Waals surface area contributed by atoms with Crippen molar-refractivity contribution in [1.29, 1.82) is 0 Å². The average Bonchev–Trinajstić information content (AvgIpc) is 2.89. The van der Waals surface area contributed by atoms with Crippen LogP contribution in [0, 0.1) is 5.92 Å². The molecule has 3 aromatic carbocycles. The molecule has 0 saturated carbocycles. The number of hydrogen-bond donors (Lipinski definition) is 1. The van der Waals surface area contributed by atoms with Gasteiger partial charge in [-0.2, -0.15) is 0 Å². The van der Waals surface area contributed by atoms with Gasteiger partial charge in [0.2, 0.25) is 5.91 Å². The molecule has 0 radical (unpaired) electrons. The number of nitrogens with one attached hydrogen (secondary N) is 1. The largest absolute Gasteiger partial charge is 0.497 e. The number of amides is 2. The van der Waals surface area contributed by atoms with E-state index in [1.165, 1.54) is 0 Å². The Morgan fingerprint density at radius 3 is 2.15 bits per heavy atom. The summed E-state index contributed by atoms with van der Waals surface area (Å²) in [6.45, 7) is 1.10. The molecule has 1 heterocycles. The number of piperidine rings is 1. The first kappa shape index (κ1) is 22.4. The third-order valence-electron chi connectivity index (χ3n) is 6.06. The van der Waals surface area contributed by atoms with Crippen LogP contribution >= 0.6 is 0 Å². The zero-order valence-electron chi connectivity index (χ0n) is 18.9. The summed E-state index contributed by atoms with van der Waals surface area (Å²) in [6.07, 6.45) is 1.23.